The molecule has 1 aromatic rings. The Hall–Kier alpha value is -1.55. The van der Waals surface area contributed by atoms with Crippen LogP contribution in [0, 0.1) is 6.92 Å². The van der Waals surface area contributed by atoms with Gasteiger partial charge in [0.1, 0.15) is 0 Å². The van der Waals surface area contributed by atoms with Gasteiger partial charge in [-0.05, 0) is 58.6 Å². The predicted molar refractivity (Wildman–Crippen MR) is 79.2 cm³/mol. The van der Waals surface area contributed by atoms with Crippen molar-refractivity contribution >= 4 is 11.7 Å². The highest BCUT2D eigenvalue weighted by Gasteiger charge is 2.14. The van der Waals surface area contributed by atoms with Crippen LogP contribution >= 0.6 is 0 Å². The molecule has 1 aromatic carbocycles. The Morgan fingerprint density at radius 3 is 2.47 bits per heavy atom. The molecule has 0 saturated carbocycles. The van der Waals surface area contributed by atoms with Crippen LogP contribution in [-0.4, -0.2) is 49.7 Å². The summed E-state index contributed by atoms with van der Waals surface area (Å²) in [4.78, 5) is 15.6. The van der Waals surface area contributed by atoms with Crippen molar-refractivity contribution in [2.24, 2.45) is 0 Å². The van der Waals surface area contributed by atoms with Crippen molar-refractivity contribution in [2.45, 2.75) is 20.3 Å². The van der Waals surface area contributed by atoms with E-state index < -0.39 is 5.97 Å². The van der Waals surface area contributed by atoms with E-state index in [9.17, 15) is 9.90 Å². The summed E-state index contributed by atoms with van der Waals surface area (Å²) in [7, 11) is 4.09. The Morgan fingerprint density at radius 2 is 1.95 bits per heavy atom. The smallest absolute Gasteiger partial charge is 0.337 e. The number of carboxylic acid groups (broad SMARTS) is 1. The standard InChI is InChI=1S/C15H24N2O2/c1-5-17(10-6-9-16(3)4)14-11-12(2)7-8-13(14)15(18)19/h7-8,11H,5-6,9-10H2,1-4H3,(H,18,19). The van der Waals surface area contributed by atoms with Gasteiger partial charge in [0.25, 0.3) is 0 Å². The van der Waals surface area contributed by atoms with E-state index >= 15 is 0 Å². The van der Waals surface area contributed by atoms with Crippen molar-refractivity contribution in [3.05, 3.63) is 29.3 Å². The highest BCUT2D eigenvalue weighted by molar-refractivity contribution is 5.94. The number of hydrogen-bond acceptors (Lipinski definition) is 3. The quantitative estimate of drug-likeness (QED) is 0.821. The number of rotatable bonds is 7. The Morgan fingerprint density at radius 1 is 1.26 bits per heavy atom. The SMILES string of the molecule is CCN(CCCN(C)C)c1cc(C)ccc1C(=O)O. The van der Waals surface area contributed by atoms with Gasteiger partial charge in [-0.3, -0.25) is 0 Å². The zero-order valence-electron chi connectivity index (χ0n) is 12.3. The second-order valence-electron chi connectivity index (χ2n) is 5.06. The van der Waals surface area contributed by atoms with Crippen LogP contribution in [-0.2, 0) is 0 Å². The first kappa shape index (κ1) is 15.5. The van der Waals surface area contributed by atoms with Gasteiger partial charge in [-0.2, -0.15) is 0 Å². The van der Waals surface area contributed by atoms with E-state index in [1.165, 1.54) is 0 Å². The Balaban J connectivity index is 2.90. The summed E-state index contributed by atoms with van der Waals surface area (Å²) < 4.78 is 0. The van der Waals surface area contributed by atoms with E-state index in [-0.39, 0.29) is 0 Å². The third kappa shape index (κ3) is 4.56. The van der Waals surface area contributed by atoms with Gasteiger partial charge in [-0.1, -0.05) is 6.07 Å². The maximum atomic E-state index is 11.3. The van der Waals surface area contributed by atoms with Crippen LogP contribution in [0.5, 0.6) is 0 Å². The molecule has 0 aliphatic rings. The molecule has 106 valence electrons. The zero-order valence-corrected chi connectivity index (χ0v) is 12.3. The monoisotopic (exact) mass is 264 g/mol. The number of carbonyl (C=O) groups is 1. The zero-order chi connectivity index (χ0) is 14.4. The predicted octanol–water partition coefficient (Wildman–Crippen LogP) is 2.47. The summed E-state index contributed by atoms with van der Waals surface area (Å²) in [6, 6.07) is 5.50. The molecule has 19 heavy (non-hydrogen) atoms. The van der Waals surface area contributed by atoms with Gasteiger partial charge in [-0.25, -0.2) is 4.79 Å². The lowest BCUT2D eigenvalue weighted by Gasteiger charge is -2.25. The third-order valence-corrected chi connectivity index (χ3v) is 3.14. The van der Waals surface area contributed by atoms with E-state index in [1.807, 2.05) is 33.2 Å². The fourth-order valence-electron chi connectivity index (χ4n) is 2.11. The fourth-order valence-corrected chi connectivity index (χ4v) is 2.11. The number of benzene rings is 1. The van der Waals surface area contributed by atoms with Gasteiger partial charge in [0, 0.05) is 13.1 Å². The fraction of sp³-hybridized carbons (Fsp3) is 0.533. The molecule has 0 fully saturated rings. The molecule has 0 amide bonds. The highest BCUT2D eigenvalue weighted by Crippen LogP contribution is 2.22. The van der Waals surface area contributed by atoms with Crippen LogP contribution in [0.1, 0.15) is 29.3 Å². The number of aryl methyl sites for hydroxylation is 1. The van der Waals surface area contributed by atoms with Crippen LogP contribution in [0.3, 0.4) is 0 Å². The van der Waals surface area contributed by atoms with Gasteiger partial charge < -0.3 is 14.9 Å². The normalized spacial score (nSPS) is 10.8. The maximum Gasteiger partial charge on any atom is 0.337 e. The van der Waals surface area contributed by atoms with Crippen molar-refractivity contribution in [1.29, 1.82) is 0 Å². The molecule has 0 atom stereocenters. The molecule has 0 saturated heterocycles. The molecule has 4 heteroatoms. The molecule has 0 aliphatic carbocycles. The summed E-state index contributed by atoms with van der Waals surface area (Å²) in [5.41, 5.74) is 2.30. The molecule has 0 aromatic heterocycles. The summed E-state index contributed by atoms with van der Waals surface area (Å²) in [5.74, 6) is -0.860. The van der Waals surface area contributed by atoms with Crippen molar-refractivity contribution < 1.29 is 9.90 Å². The molecule has 1 N–H and O–H groups in total. The van der Waals surface area contributed by atoms with E-state index in [1.54, 1.807) is 6.07 Å². The van der Waals surface area contributed by atoms with Crippen LogP contribution in [0.25, 0.3) is 0 Å². The Bertz CT molecular complexity index is 430. The first-order chi connectivity index (χ1) is 8.95. The van der Waals surface area contributed by atoms with E-state index in [0.29, 0.717) is 5.56 Å². The van der Waals surface area contributed by atoms with Crippen molar-refractivity contribution in [1.82, 2.24) is 4.90 Å². The van der Waals surface area contributed by atoms with Gasteiger partial charge in [-0.15, -0.1) is 0 Å². The molecule has 0 heterocycles. The van der Waals surface area contributed by atoms with Crippen LogP contribution in [0.15, 0.2) is 18.2 Å². The maximum absolute atomic E-state index is 11.3. The van der Waals surface area contributed by atoms with E-state index in [4.69, 9.17) is 0 Å². The highest BCUT2D eigenvalue weighted by atomic mass is 16.4. The lowest BCUT2D eigenvalue weighted by molar-refractivity contribution is 0.0697. The Labute approximate surface area is 115 Å². The number of nitrogens with zero attached hydrogens (tertiary/aromatic N) is 2. The van der Waals surface area contributed by atoms with Crippen molar-refractivity contribution in [3.8, 4) is 0 Å². The van der Waals surface area contributed by atoms with Gasteiger partial charge >= 0.3 is 5.97 Å². The summed E-state index contributed by atoms with van der Waals surface area (Å²) in [5, 5.41) is 9.28. The number of anilines is 1. The van der Waals surface area contributed by atoms with Gasteiger partial charge in [0.15, 0.2) is 0 Å². The van der Waals surface area contributed by atoms with E-state index in [0.717, 1.165) is 37.3 Å². The first-order valence-electron chi connectivity index (χ1n) is 6.69. The first-order valence-corrected chi connectivity index (χ1v) is 6.69. The van der Waals surface area contributed by atoms with Crippen LogP contribution in [0.4, 0.5) is 5.69 Å². The summed E-state index contributed by atoms with van der Waals surface area (Å²) >= 11 is 0. The lowest BCUT2D eigenvalue weighted by Crippen LogP contribution is -2.28. The second-order valence-corrected chi connectivity index (χ2v) is 5.06. The molecule has 0 aliphatic heterocycles. The van der Waals surface area contributed by atoms with Gasteiger partial charge in [0.05, 0.1) is 11.3 Å². The third-order valence-electron chi connectivity index (χ3n) is 3.14. The minimum absolute atomic E-state index is 0.386. The molecule has 0 unspecified atom stereocenters. The molecule has 0 radical (unpaired) electrons. The molecular weight excluding hydrogens is 240 g/mol. The average Bonchev–Trinajstić information content (AvgIpc) is 2.33. The van der Waals surface area contributed by atoms with Gasteiger partial charge in [0.2, 0.25) is 0 Å². The van der Waals surface area contributed by atoms with Crippen molar-refractivity contribution in [3.63, 3.8) is 0 Å². The van der Waals surface area contributed by atoms with Crippen LogP contribution in [0.2, 0.25) is 0 Å². The molecule has 0 spiro atoms. The molecule has 0 bridgehead atoms. The minimum Gasteiger partial charge on any atom is -0.478 e. The molecule has 4 nitrogen and oxygen atoms in total. The number of hydrogen-bond donors (Lipinski definition) is 1. The topological polar surface area (TPSA) is 43.8 Å². The molecular formula is C15H24N2O2. The second kappa shape index (κ2) is 7.14. The van der Waals surface area contributed by atoms with Crippen LogP contribution < -0.4 is 4.90 Å². The number of carboxylic acids is 1. The average molecular weight is 264 g/mol. The van der Waals surface area contributed by atoms with Crippen molar-refractivity contribution in [2.75, 3.05) is 38.6 Å². The van der Waals surface area contributed by atoms with E-state index in [2.05, 4.69) is 16.7 Å². The number of aromatic carboxylic acids is 1. The lowest BCUT2D eigenvalue weighted by atomic mass is 10.1. The Kier molecular flexibility index (Phi) is 5.83. The minimum atomic E-state index is -0.860. The largest absolute Gasteiger partial charge is 0.478 e. The molecule has 1 rings (SSSR count). The summed E-state index contributed by atoms with van der Waals surface area (Å²) in [6.07, 6.45) is 1.02. The summed E-state index contributed by atoms with van der Waals surface area (Å²) in [6.45, 7) is 6.74.